The number of nitrogens with one attached hydrogen (secondary N) is 1. The van der Waals surface area contributed by atoms with Crippen LogP contribution in [-0.2, 0) is 15.7 Å². The molecule has 0 saturated carbocycles. The number of para-hydroxylation sites is 1. The number of morpholine rings is 1. The van der Waals surface area contributed by atoms with Crippen LogP contribution >= 0.6 is 11.6 Å². The number of nitrogens with zero attached hydrogens (tertiary/aromatic N) is 1. The average Bonchev–Trinajstić information content (AvgIpc) is 2.69. The van der Waals surface area contributed by atoms with Crippen LogP contribution < -0.4 is 15.0 Å². The van der Waals surface area contributed by atoms with Crippen molar-refractivity contribution in [3.05, 3.63) is 53.1 Å². The first-order chi connectivity index (χ1) is 13.8. The number of halogens is 4. The highest BCUT2D eigenvalue weighted by Gasteiger charge is 2.32. The lowest BCUT2D eigenvalue weighted by Gasteiger charge is -2.31. The molecule has 0 bridgehead atoms. The molecule has 9 heteroatoms. The number of alkyl halides is 3. The van der Waals surface area contributed by atoms with Gasteiger partial charge in [-0.05, 0) is 37.3 Å². The Bertz CT molecular complexity index is 870. The Kier molecular flexibility index (Phi) is 6.54. The summed E-state index contributed by atoms with van der Waals surface area (Å²) in [6, 6.07) is 9.95. The molecular formula is C20H20ClF3N2O3. The lowest BCUT2D eigenvalue weighted by atomic mass is 10.1. The zero-order valence-electron chi connectivity index (χ0n) is 15.6. The number of benzene rings is 2. The van der Waals surface area contributed by atoms with Gasteiger partial charge in [0.2, 0.25) is 0 Å². The van der Waals surface area contributed by atoms with Gasteiger partial charge in [0.1, 0.15) is 5.75 Å². The Morgan fingerprint density at radius 2 is 1.90 bits per heavy atom. The molecule has 0 aromatic heterocycles. The molecule has 1 aliphatic rings. The van der Waals surface area contributed by atoms with E-state index in [2.05, 4.69) is 5.32 Å². The molecule has 0 spiro atoms. The average molecular weight is 429 g/mol. The molecule has 2 aromatic carbocycles. The largest absolute Gasteiger partial charge is 0.479 e. The maximum Gasteiger partial charge on any atom is 0.416 e. The summed E-state index contributed by atoms with van der Waals surface area (Å²) in [7, 11) is 0. The lowest BCUT2D eigenvalue weighted by Crippen LogP contribution is -2.37. The van der Waals surface area contributed by atoms with Gasteiger partial charge in [-0.3, -0.25) is 4.79 Å². The minimum absolute atomic E-state index is 0.0707. The molecular weight excluding hydrogens is 409 g/mol. The summed E-state index contributed by atoms with van der Waals surface area (Å²) in [6.45, 7) is 3.45. The molecule has 0 aliphatic carbocycles. The summed E-state index contributed by atoms with van der Waals surface area (Å²) < 4.78 is 50.4. The summed E-state index contributed by atoms with van der Waals surface area (Å²) in [5.41, 5.74) is -0.273. The fourth-order valence-electron chi connectivity index (χ4n) is 2.91. The van der Waals surface area contributed by atoms with Crippen molar-refractivity contribution in [2.24, 2.45) is 0 Å². The molecule has 1 heterocycles. The number of hydrogen-bond acceptors (Lipinski definition) is 4. The van der Waals surface area contributed by atoms with Gasteiger partial charge in [-0.25, -0.2) is 0 Å². The SMILES string of the molecule is C[C@@H](Oc1ccccc1Cl)C(=O)Nc1cc(C(F)(F)F)ccc1N1CCOCC1. The second kappa shape index (κ2) is 8.92. The van der Waals surface area contributed by atoms with Crippen molar-refractivity contribution in [1.82, 2.24) is 0 Å². The number of hydrogen-bond donors (Lipinski definition) is 1. The van der Waals surface area contributed by atoms with E-state index < -0.39 is 23.8 Å². The number of ether oxygens (including phenoxy) is 2. The molecule has 1 aliphatic heterocycles. The van der Waals surface area contributed by atoms with Gasteiger partial charge in [0, 0.05) is 13.1 Å². The zero-order valence-corrected chi connectivity index (χ0v) is 16.4. The van der Waals surface area contributed by atoms with Crippen LogP contribution in [-0.4, -0.2) is 38.3 Å². The van der Waals surface area contributed by atoms with E-state index in [1.54, 1.807) is 24.3 Å². The highest BCUT2D eigenvalue weighted by molar-refractivity contribution is 6.32. The fraction of sp³-hybridized carbons (Fsp3) is 0.350. The van der Waals surface area contributed by atoms with Crippen molar-refractivity contribution >= 4 is 28.9 Å². The summed E-state index contributed by atoms with van der Waals surface area (Å²) in [6.07, 6.45) is -5.50. The minimum Gasteiger partial charge on any atom is -0.479 e. The number of rotatable bonds is 5. The van der Waals surface area contributed by atoms with E-state index in [-0.39, 0.29) is 5.69 Å². The van der Waals surface area contributed by atoms with Crippen molar-refractivity contribution in [2.75, 3.05) is 36.5 Å². The first-order valence-electron chi connectivity index (χ1n) is 9.01. The van der Waals surface area contributed by atoms with E-state index >= 15 is 0 Å². The molecule has 156 valence electrons. The van der Waals surface area contributed by atoms with Crippen molar-refractivity contribution in [2.45, 2.75) is 19.2 Å². The Hall–Kier alpha value is -2.45. The number of anilines is 2. The highest BCUT2D eigenvalue weighted by Crippen LogP contribution is 2.36. The van der Waals surface area contributed by atoms with Gasteiger partial charge in [-0.1, -0.05) is 23.7 Å². The van der Waals surface area contributed by atoms with Crippen LogP contribution in [0.25, 0.3) is 0 Å². The second-order valence-electron chi connectivity index (χ2n) is 6.51. The lowest BCUT2D eigenvalue weighted by molar-refractivity contribution is -0.137. The smallest absolute Gasteiger partial charge is 0.416 e. The van der Waals surface area contributed by atoms with Crippen LogP contribution in [0.4, 0.5) is 24.5 Å². The van der Waals surface area contributed by atoms with E-state index in [0.717, 1.165) is 12.1 Å². The second-order valence-corrected chi connectivity index (χ2v) is 6.92. The van der Waals surface area contributed by atoms with E-state index in [4.69, 9.17) is 21.1 Å². The van der Waals surface area contributed by atoms with Gasteiger partial charge in [-0.2, -0.15) is 13.2 Å². The third-order valence-electron chi connectivity index (χ3n) is 4.44. The van der Waals surface area contributed by atoms with E-state index in [9.17, 15) is 18.0 Å². The quantitative estimate of drug-likeness (QED) is 0.756. The third kappa shape index (κ3) is 5.33. The van der Waals surface area contributed by atoms with Crippen LogP contribution in [0, 0.1) is 0 Å². The minimum atomic E-state index is -4.53. The standard InChI is InChI=1S/C20H20ClF3N2O3/c1-13(29-18-5-3-2-4-15(18)21)19(27)25-16-12-14(20(22,23)24)6-7-17(16)26-8-10-28-11-9-26/h2-7,12-13H,8-11H2,1H3,(H,25,27)/t13-/m1/s1. The molecule has 0 radical (unpaired) electrons. The molecule has 1 N–H and O–H groups in total. The first kappa shape index (κ1) is 21.3. The Balaban J connectivity index is 1.83. The topological polar surface area (TPSA) is 50.8 Å². The summed E-state index contributed by atoms with van der Waals surface area (Å²) >= 11 is 6.03. The monoisotopic (exact) mass is 428 g/mol. The summed E-state index contributed by atoms with van der Waals surface area (Å²) in [5.74, 6) is -0.270. The van der Waals surface area contributed by atoms with Gasteiger partial charge in [-0.15, -0.1) is 0 Å². The molecule has 0 unspecified atom stereocenters. The molecule has 5 nitrogen and oxygen atoms in total. The van der Waals surface area contributed by atoms with E-state index in [1.165, 1.54) is 13.0 Å². The van der Waals surface area contributed by atoms with Gasteiger partial charge in [0.25, 0.3) is 5.91 Å². The van der Waals surface area contributed by atoms with Gasteiger partial charge in [0.15, 0.2) is 6.10 Å². The van der Waals surface area contributed by atoms with Crippen LogP contribution in [0.3, 0.4) is 0 Å². The molecule has 2 aromatic rings. The van der Waals surface area contributed by atoms with Crippen LogP contribution in [0.15, 0.2) is 42.5 Å². The molecule has 29 heavy (non-hydrogen) atoms. The van der Waals surface area contributed by atoms with E-state index in [1.807, 2.05) is 4.90 Å². The van der Waals surface area contributed by atoms with E-state index in [0.29, 0.717) is 42.8 Å². The fourth-order valence-corrected chi connectivity index (χ4v) is 3.09. The van der Waals surface area contributed by atoms with Crippen LogP contribution in [0.1, 0.15) is 12.5 Å². The molecule has 1 amide bonds. The Morgan fingerprint density at radius 3 is 2.55 bits per heavy atom. The van der Waals surface area contributed by atoms with Crippen molar-refractivity contribution < 1.29 is 27.4 Å². The number of carbonyl (C=O) groups is 1. The molecule has 3 rings (SSSR count). The maximum atomic E-state index is 13.2. The normalized spacial score (nSPS) is 15.7. The van der Waals surface area contributed by atoms with Crippen LogP contribution in [0.5, 0.6) is 5.75 Å². The molecule has 1 saturated heterocycles. The highest BCUT2D eigenvalue weighted by atomic mass is 35.5. The van der Waals surface area contributed by atoms with Gasteiger partial charge < -0.3 is 19.7 Å². The predicted molar refractivity (Wildman–Crippen MR) is 105 cm³/mol. The Labute approximate surface area is 171 Å². The predicted octanol–water partition coefficient (Wildman–Crippen LogP) is 4.60. The number of amides is 1. The van der Waals surface area contributed by atoms with Crippen molar-refractivity contribution in [1.29, 1.82) is 0 Å². The van der Waals surface area contributed by atoms with Crippen molar-refractivity contribution in [3.63, 3.8) is 0 Å². The molecule has 1 fully saturated rings. The number of carbonyl (C=O) groups excluding carboxylic acids is 1. The third-order valence-corrected chi connectivity index (χ3v) is 4.76. The zero-order chi connectivity index (χ0) is 21.0. The van der Waals surface area contributed by atoms with Gasteiger partial charge >= 0.3 is 6.18 Å². The maximum absolute atomic E-state index is 13.2. The van der Waals surface area contributed by atoms with Crippen molar-refractivity contribution in [3.8, 4) is 5.75 Å². The van der Waals surface area contributed by atoms with Gasteiger partial charge in [0.05, 0.1) is 35.2 Å². The van der Waals surface area contributed by atoms with Crippen LogP contribution in [0.2, 0.25) is 5.02 Å². The summed E-state index contributed by atoms with van der Waals surface area (Å²) in [4.78, 5) is 14.5. The Morgan fingerprint density at radius 1 is 1.21 bits per heavy atom. The summed E-state index contributed by atoms with van der Waals surface area (Å²) in [5, 5.41) is 2.90. The first-order valence-corrected chi connectivity index (χ1v) is 9.39. The molecule has 1 atom stereocenters.